The van der Waals surface area contributed by atoms with Crippen molar-refractivity contribution in [1.82, 2.24) is 9.80 Å². The highest BCUT2D eigenvalue weighted by Gasteiger charge is 2.21. The normalized spacial score (nSPS) is 13.7. The van der Waals surface area contributed by atoms with Gasteiger partial charge in [-0.2, -0.15) is 0 Å². The molecule has 1 heterocycles. The summed E-state index contributed by atoms with van der Waals surface area (Å²) in [5, 5.41) is 15.4. The molecule has 0 bridgehead atoms. The molecule has 0 radical (unpaired) electrons. The van der Waals surface area contributed by atoms with Crippen LogP contribution in [0.2, 0.25) is 5.02 Å². The Morgan fingerprint density at radius 2 is 1.45 bits per heavy atom. The van der Waals surface area contributed by atoms with Crippen molar-refractivity contribution in [3.05, 3.63) is 63.6 Å². The molecule has 1 aliphatic heterocycles. The van der Waals surface area contributed by atoms with E-state index in [9.17, 15) is 4.79 Å². The van der Waals surface area contributed by atoms with Gasteiger partial charge < -0.3 is 19.8 Å². The number of nitrogens with zero attached hydrogens (tertiary/aromatic N) is 2. The predicted molar refractivity (Wildman–Crippen MR) is 118 cm³/mol. The Morgan fingerprint density at radius 3 is 1.97 bits per heavy atom. The molecule has 2 N–H and O–H groups in total. The van der Waals surface area contributed by atoms with Crippen LogP contribution in [0.5, 0.6) is 5.75 Å². The van der Waals surface area contributed by atoms with Gasteiger partial charge in [0.15, 0.2) is 6.61 Å². The number of aliphatic carboxylic acids is 2. The first-order chi connectivity index (χ1) is 14.7. The SMILES string of the molecule is O=C(COc1ccc(Cl)cc1)N1CCN(Cc2ccc(Br)cc2)CC1.O=C(O)C(=O)O. The van der Waals surface area contributed by atoms with Crippen molar-refractivity contribution >= 4 is 45.4 Å². The molecule has 0 spiro atoms. The van der Waals surface area contributed by atoms with Crippen LogP contribution in [0.25, 0.3) is 0 Å². The summed E-state index contributed by atoms with van der Waals surface area (Å²) in [6, 6.07) is 15.4. The monoisotopic (exact) mass is 512 g/mol. The number of carboxylic acids is 2. The smallest absolute Gasteiger partial charge is 0.414 e. The number of hydrogen-bond acceptors (Lipinski definition) is 5. The molecule has 166 valence electrons. The lowest BCUT2D eigenvalue weighted by Gasteiger charge is -2.34. The zero-order valence-corrected chi connectivity index (χ0v) is 18.9. The number of amides is 1. The minimum atomic E-state index is -1.82. The Morgan fingerprint density at radius 1 is 0.903 bits per heavy atom. The molecule has 10 heteroatoms. The number of hydrogen-bond donors (Lipinski definition) is 2. The van der Waals surface area contributed by atoms with E-state index >= 15 is 0 Å². The van der Waals surface area contributed by atoms with Crippen LogP contribution < -0.4 is 4.74 Å². The van der Waals surface area contributed by atoms with Gasteiger partial charge in [-0.1, -0.05) is 39.7 Å². The average Bonchev–Trinajstić information content (AvgIpc) is 2.75. The Bertz CT molecular complexity index is 872. The molecule has 0 atom stereocenters. The highest BCUT2D eigenvalue weighted by atomic mass is 79.9. The molecule has 31 heavy (non-hydrogen) atoms. The molecule has 0 aliphatic carbocycles. The Hall–Kier alpha value is -2.62. The lowest BCUT2D eigenvalue weighted by Crippen LogP contribution is -2.49. The highest BCUT2D eigenvalue weighted by Crippen LogP contribution is 2.16. The molecule has 0 saturated carbocycles. The van der Waals surface area contributed by atoms with Gasteiger partial charge in [0, 0.05) is 42.2 Å². The number of carbonyl (C=O) groups is 3. The van der Waals surface area contributed by atoms with E-state index in [0.717, 1.165) is 37.2 Å². The third-order valence-corrected chi connectivity index (χ3v) is 5.18. The zero-order chi connectivity index (χ0) is 22.8. The molecule has 2 aromatic rings. The van der Waals surface area contributed by atoms with Gasteiger partial charge in [0.1, 0.15) is 5.75 Å². The zero-order valence-electron chi connectivity index (χ0n) is 16.5. The molecule has 8 nitrogen and oxygen atoms in total. The summed E-state index contributed by atoms with van der Waals surface area (Å²) in [5.74, 6) is -2.96. The van der Waals surface area contributed by atoms with Crippen LogP contribution in [0.4, 0.5) is 0 Å². The first kappa shape index (κ1) is 24.6. The van der Waals surface area contributed by atoms with Crippen LogP contribution in [0, 0.1) is 0 Å². The first-order valence-electron chi connectivity index (χ1n) is 9.33. The second kappa shape index (κ2) is 12.3. The molecule has 3 rings (SSSR count). The van der Waals surface area contributed by atoms with Gasteiger partial charge in [-0.15, -0.1) is 0 Å². The van der Waals surface area contributed by atoms with E-state index in [0.29, 0.717) is 10.8 Å². The van der Waals surface area contributed by atoms with Gasteiger partial charge in [-0.05, 0) is 42.0 Å². The Balaban J connectivity index is 0.000000501. The van der Waals surface area contributed by atoms with Crippen molar-refractivity contribution in [1.29, 1.82) is 0 Å². The van der Waals surface area contributed by atoms with E-state index in [4.69, 9.17) is 36.1 Å². The fourth-order valence-corrected chi connectivity index (χ4v) is 3.16. The van der Waals surface area contributed by atoms with Crippen LogP contribution in [-0.2, 0) is 20.9 Å². The van der Waals surface area contributed by atoms with Gasteiger partial charge >= 0.3 is 11.9 Å². The maximum atomic E-state index is 12.3. The van der Waals surface area contributed by atoms with Crippen molar-refractivity contribution in [3.8, 4) is 5.75 Å². The standard InChI is InChI=1S/C19H20BrClN2O2.C2H2O4/c20-16-3-1-15(2-4-16)13-22-9-11-23(12-10-22)19(24)14-25-18-7-5-17(21)6-8-18;3-1(4)2(5)6/h1-8H,9-14H2;(H,3,4)(H,5,6). The summed E-state index contributed by atoms with van der Waals surface area (Å²) in [7, 11) is 0. The second-order valence-electron chi connectivity index (χ2n) is 6.64. The lowest BCUT2D eigenvalue weighted by atomic mass is 10.2. The number of carboxylic acid groups (broad SMARTS) is 2. The molecule has 2 aromatic carbocycles. The summed E-state index contributed by atoms with van der Waals surface area (Å²) in [6.45, 7) is 4.20. The third-order valence-electron chi connectivity index (χ3n) is 4.40. The van der Waals surface area contributed by atoms with Gasteiger partial charge in [-0.3, -0.25) is 9.69 Å². The van der Waals surface area contributed by atoms with Crippen molar-refractivity contribution in [2.24, 2.45) is 0 Å². The topological polar surface area (TPSA) is 107 Å². The number of rotatable bonds is 5. The minimum Gasteiger partial charge on any atom is -0.484 e. The summed E-state index contributed by atoms with van der Waals surface area (Å²) < 4.78 is 6.63. The predicted octanol–water partition coefficient (Wildman–Crippen LogP) is 2.98. The quantitative estimate of drug-likeness (QED) is 0.592. The summed E-state index contributed by atoms with van der Waals surface area (Å²) >= 11 is 9.29. The Kier molecular flexibility index (Phi) is 9.77. The number of ether oxygens (including phenoxy) is 1. The van der Waals surface area contributed by atoms with Crippen molar-refractivity contribution in [2.45, 2.75) is 6.54 Å². The highest BCUT2D eigenvalue weighted by molar-refractivity contribution is 9.10. The maximum absolute atomic E-state index is 12.3. The van der Waals surface area contributed by atoms with Gasteiger partial charge in [0.2, 0.25) is 0 Å². The molecule has 1 aliphatic rings. The van der Waals surface area contributed by atoms with E-state index < -0.39 is 11.9 Å². The minimum absolute atomic E-state index is 0.0261. The number of piperazine rings is 1. The fourth-order valence-electron chi connectivity index (χ4n) is 2.77. The van der Waals surface area contributed by atoms with Gasteiger partial charge in [-0.25, -0.2) is 9.59 Å². The average molecular weight is 514 g/mol. The fraction of sp³-hybridized carbons (Fsp3) is 0.286. The largest absolute Gasteiger partial charge is 0.484 e. The Labute approximate surface area is 193 Å². The summed E-state index contributed by atoms with van der Waals surface area (Å²) in [5.41, 5.74) is 1.29. The molecule has 0 unspecified atom stereocenters. The first-order valence-corrected chi connectivity index (χ1v) is 10.5. The van der Waals surface area contributed by atoms with Crippen LogP contribution >= 0.6 is 27.5 Å². The van der Waals surface area contributed by atoms with Crippen LogP contribution in [0.15, 0.2) is 53.0 Å². The molecule has 1 amide bonds. The van der Waals surface area contributed by atoms with Crippen LogP contribution in [-0.4, -0.2) is 70.6 Å². The second-order valence-corrected chi connectivity index (χ2v) is 7.99. The number of carbonyl (C=O) groups excluding carboxylic acids is 1. The summed E-state index contributed by atoms with van der Waals surface area (Å²) in [4.78, 5) is 34.7. The number of halogens is 2. The third kappa shape index (κ3) is 8.95. The number of benzene rings is 2. The van der Waals surface area contributed by atoms with Crippen molar-refractivity contribution < 1.29 is 29.3 Å². The van der Waals surface area contributed by atoms with Crippen LogP contribution in [0.3, 0.4) is 0 Å². The summed E-state index contributed by atoms with van der Waals surface area (Å²) in [6.07, 6.45) is 0. The van der Waals surface area contributed by atoms with Gasteiger partial charge in [0.25, 0.3) is 5.91 Å². The van der Waals surface area contributed by atoms with E-state index in [2.05, 4.69) is 45.1 Å². The van der Waals surface area contributed by atoms with Crippen molar-refractivity contribution in [3.63, 3.8) is 0 Å². The van der Waals surface area contributed by atoms with E-state index in [-0.39, 0.29) is 12.5 Å². The lowest BCUT2D eigenvalue weighted by molar-refractivity contribution is -0.159. The van der Waals surface area contributed by atoms with Crippen molar-refractivity contribution in [2.75, 3.05) is 32.8 Å². The van der Waals surface area contributed by atoms with Crippen LogP contribution in [0.1, 0.15) is 5.56 Å². The maximum Gasteiger partial charge on any atom is 0.414 e. The molecule has 1 fully saturated rings. The molecular formula is C21H22BrClN2O6. The van der Waals surface area contributed by atoms with E-state index in [1.54, 1.807) is 24.3 Å². The molecule has 1 saturated heterocycles. The van der Waals surface area contributed by atoms with Gasteiger partial charge in [0.05, 0.1) is 0 Å². The molecule has 0 aromatic heterocycles. The molecular weight excluding hydrogens is 492 g/mol. The van der Waals surface area contributed by atoms with E-state index in [1.165, 1.54) is 5.56 Å². The van der Waals surface area contributed by atoms with E-state index in [1.807, 2.05) is 4.90 Å².